The summed E-state index contributed by atoms with van der Waals surface area (Å²) in [5.74, 6) is 0. The Labute approximate surface area is 182 Å². The van der Waals surface area contributed by atoms with E-state index in [-0.39, 0.29) is 19.8 Å². The SMILES string of the molecule is CC(C)=CCC/C(C)=C/CO[C@@H]1O[C@H](CO[C@@H]2OC[C@](O)(CO)[C@H]2O)[C@@H](O)[C@H](O)[C@H]1O. The molecule has 0 aliphatic carbocycles. The lowest BCUT2D eigenvalue weighted by Crippen LogP contribution is -2.59. The number of aliphatic hydroxyl groups excluding tert-OH is 5. The van der Waals surface area contributed by atoms with Crippen LogP contribution in [0.2, 0.25) is 0 Å². The maximum absolute atomic E-state index is 10.2. The minimum absolute atomic E-state index is 0.146. The van der Waals surface area contributed by atoms with Crippen LogP contribution < -0.4 is 0 Å². The number of allylic oxidation sites excluding steroid dienone is 3. The van der Waals surface area contributed by atoms with Gasteiger partial charge in [-0.05, 0) is 33.6 Å². The molecular formula is C21H36O10. The zero-order chi connectivity index (χ0) is 23.2. The molecule has 10 nitrogen and oxygen atoms in total. The van der Waals surface area contributed by atoms with Gasteiger partial charge in [-0.15, -0.1) is 0 Å². The average Bonchev–Trinajstić information content (AvgIpc) is 3.01. The zero-order valence-electron chi connectivity index (χ0n) is 18.3. The third kappa shape index (κ3) is 7.03. The summed E-state index contributed by atoms with van der Waals surface area (Å²) in [5.41, 5.74) is 0.514. The molecule has 0 radical (unpaired) electrons. The fourth-order valence-corrected chi connectivity index (χ4v) is 3.29. The van der Waals surface area contributed by atoms with Crippen molar-refractivity contribution >= 4 is 0 Å². The van der Waals surface area contributed by atoms with Crippen LogP contribution in [-0.2, 0) is 18.9 Å². The summed E-state index contributed by atoms with van der Waals surface area (Å²) < 4.78 is 21.6. The van der Waals surface area contributed by atoms with Crippen molar-refractivity contribution in [1.29, 1.82) is 0 Å². The van der Waals surface area contributed by atoms with Gasteiger partial charge in [0.25, 0.3) is 0 Å². The Balaban J connectivity index is 1.86. The van der Waals surface area contributed by atoms with Crippen molar-refractivity contribution in [2.45, 2.75) is 82.3 Å². The largest absolute Gasteiger partial charge is 0.393 e. The molecule has 0 aromatic rings. The van der Waals surface area contributed by atoms with Gasteiger partial charge in [-0.1, -0.05) is 23.3 Å². The molecule has 2 heterocycles. The first-order valence-electron chi connectivity index (χ1n) is 10.4. The third-order valence-electron chi connectivity index (χ3n) is 5.46. The molecule has 10 heteroatoms. The van der Waals surface area contributed by atoms with Crippen LogP contribution in [0, 0.1) is 0 Å². The number of aliphatic hydroxyl groups is 6. The predicted octanol–water partition coefficient (Wildman–Crippen LogP) is -1.04. The van der Waals surface area contributed by atoms with Crippen molar-refractivity contribution < 1.29 is 49.6 Å². The second-order valence-electron chi connectivity index (χ2n) is 8.44. The molecule has 6 N–H and O–H groups in total. The smallest absolute Gasteiger partial charge is 0.187 e. The van der Waals surface area contributed by atoms with E-state index in [9.17, 15) is 25.5 Å². The van der Waals surface area contributed by atoms with E-state index < -0.39 is 55.3 Å². The van der Waals surface area contributed by atoms with Gasteiger partial charge in [0.15, 0.2) is 12.6 Å². The molecule has 0 unspecified atom stereocenters. The summed E-state index contributed by atoms with van der Waals surface area (Å²) in [6, 6.07) is 0. The van der Waals surface area contributed by atoms with Crippen molar-refractivity contribution in [3.05, 3.63) is 23.3 Å². The highest BCUT2D eigenvalue weighted by atomic mass is 16.7. The normalized spacial score (nSPS) is 39.0. The molecule has 0 spiro atoms. The fraction of sp³-hybridized carbons (Fsp3) is 0.810. The van der Waals surface area contributed by atoms with Crippen LogP contribution >= 0.6 is 0 Å². The van der Waals surface area contributed by atoms with E-state index in [4.69, 9.17) is 24.1 Å². The minimum Gasteiger partial charge on any atom is -0.393 e. The monoisotopic (exact) mass is 448 g/mol. The second kappa shape index (κ2) is 11.8. The van der Waals surface area contributed by atoms with E-state index in [1.165, 1.54) is 5.57 Å². The zero-order valence-corrected chi connectivity index (χ0v) is 18.3. The highest BCUT2D eigenvalue weighted by Gasteiger charge is 2.50. The van der Waals surface area contributed by atoms with Gasteiger partial charge >= 0.3 is 0 Å². The van der Waals surface area contributed by atoms with Gasteiger partial charge in [0, 0.05) is 0 Å². The van der Waals surface area contributed by atoms with Gasteiger partial charge in [0.05, 0.1) is 26.4 Å². The van der Waals surface area contributed by atoms with E-state index >= 15 is 0 Å². The van der Waals surface area contributed by atoms with Crippen molar-refractivity contribution in [3.63, 3.8) is 0 Å². The molecule has 180 valence electrons. The lowest BCUT2D eigenvalue weighted by atomic mass is 9.99. The summed E-state index contributed by atoms with van der Waals surface area (Å²) in [5, 5.41) is 59.7. The summed E-state index contributed by atoms with van der Waals surface area (Å²) in [4.78, 5) is 0. The number of hydrogen-bond acceptors (Lipinski definition) is 10. The van der Waals surface area contributed by atoms with Crippen LogP contribution in [0.1, 0.15) is 33.6 Å². The maximum atomic E-state index is 10.2. The first-order valence-corrected chi connectivity index (χ1v) is 10.4. The Hall–Kier alpha value is -0.920. The Bertz CT molecular complexity index is 619. The van der Waals surface area contributed by atoms with Crippen molar-refractivity contribution in [2.24, 2.45) is 0 Å². The average molecular weight is 449 g/mol. The Morgan fingerprint density at radius 2 is 1.71 bits per heavy atom. The molecule has 2 fully saturated rings. The molecule has 8 atom stereocenters. The highest BCUT2D eigenvalue weighted by Crippen LogP contribution is 2.27. The number of ether oxygens (including phenoxy) is 4. The predicted molar refractivity (Wildman–Crippen MR) is 109 cm³/mol. The van der Waals surface area contributed by atoms with Crippen molar-refractivity contribution in [2.75, 3.05) is 26.4 Å². The van der Waals surface area contributed by atoms with Gasteiger partial charge in [-0.25, -0.2) is 0 Å². The molecule has 2 saturated heterocycles. The van der Waals surface area contributed by atoms with Crippen molar-refractivity contribution in [3.8, 4) is 0 Å². The topological polar surface area (TPSA) is 158 Å². The maximum Gasteiger partial charge on any atom is 0.187 e. The summed E-state index contributed by atoms with van der Waals surface area (Å²) in [6.07, 6.45) is -3.70. The first-order chi connectivity index (χ1) is 14.6. The van der Waals surface area contributed by atoms with Crippen LogP contribution in [0.4, 0.5) is 0 Å². The molecule has 2 aliphatic heterocycles. The van der Waals surface area contributed by atoms with Crippen LogP contribution in [-0.4, -0.2) is 106 Å². The Morgan fingerprint density at radius 1 is 1.00 bits per heavy atom. The van der Waals surface area contributed by atoms with Crippen LogP contribution in [0.25, 0.3) is 0 Å². The second-order valence-corrected chi connectivity index (χ2v) is 8.44. The van der Waals surface area contributed by atoms with Gasteiger partial charge in [0.2, 0.25) is 0 Å². The standard InChI is InChI=1S/C21H36O10/c1-12(2)5-4-6-13(3)7-8-28-19-17(25)16(24)15(23)14(31-19)9-29-20-18(26)21(27,10-22)11-30-20/h5,7,14-20,22-27H,4,6,8-11H2,1-3H3/b13-7+/t14-,15-,16+,17-,18+,19-,20-,21-/m1/s1. The van der Waals surface area contributed by atoms with E-state index in [0.29, 0.717) is 0 Å². The molecule has 0 aromatic heterocycles. The highest BCUT2D eigenvalue weighted by molar-refractivity contribution is 5.02. The molecule has 0 bridgehead atoms. The van der Waals surface area contributed by atoms with E-state index in [2.05, 4.69) is 6.08 Å². The Kier molecular flexibility index (Phi) is 10.0. The van der Waals surface area contributed by atoms with Crippen LogP contribution in [0.15, 0.2) is 23.3 Å². The Morgan fingerprint density at radius 3 is 2.32 bits per heavy atom. The van der Waals surface area contributed by atoms with E-state index in [1.807, 2.05) is 26.8 Å². The molecule has 31 heavy (non-hydrogen) atoms. The summed E-state index contributed by atoms with van der Waals surface area (Å²) in [6.45, 7) is 4.84. The molecule has 0 aromatic carbocycles. The van der Waals surface area contributed by atoms with Crippen LogP contribution in [0.5, 0.6) is 0 Å². The summed E-state index contributed by atoms with van der Waals surface area (Å²) in [7, 11) is 0. The van der Waals surface area contributed by atoms with Gasteiger partial charge in [-0.2, -0.15) is 0 Å². The van der Waals surface area contributed by atoms with Gasteiger partial charge in [-0.3, -0.25) is 0 Å². The van der Waals surface area contributed by atoms with E-state index in [1.54, 1.807) is 0 Å². The van der Waals surface area contributed by atoms with Gasteiger partial charge < -0.3 is 49.6 Å². The summed E-state index contributed by atoms with van der Waals surface area (Å²) >= 11 is 0. The van der Waals surface area contributed by atoms with Crippen LogP contribution in [0.3, 0.4) is 0 Å². The quantitative estimate of drug-likeness (QED) is 0.228. The minimum atomic E-state index is -1.84. The third-order valence-corrected chi connectivity index (χ3v) is 5.46. The number of hydrogen-bond donors (Lipinski definition) is 6. The van der Waals surface area contributed by atoms with Crippen molar-refractivity contribution in [1.82, 2.24) is 0 Å². The van der Waals surface area contributed by atoms with Gasteiger partial charge in [0.1, 0.15) is 36.1 Å². The lowest BCUT2D eigenvalue weighted by Gasteiger charge is -2.40. The molecular weight excluding hydrogens is 412 g/mol. The first kappa shape index (κ1) is 26.3. The molecule has 0 amide bonds. The number of rotatable bonds is 10. The molecule has 0 saturated carbocycles. The fourth-order valence-electron chi connectivity index (χ4n) is 3.29. The molecule has 2 aliphatic rings. The van der Waals surface area contributed by atoms with E-state index in [0.717, 1.165) is 18.4 Å². The lowest BCUT2D eigenvalue weighted by molar-refractivity contribution is -0.307. The molecule has 2 rings (SSSR count).